The molecule has 2 fully saturated rings. The lowest BCUT2D eigenvalue weighted by Crippen LogP contribution is -2.50. The molecule has 1 heterocycles. The smallest absolute Gasteiger partial charge is 0.0594 e. The van der Waals surface area contributed by atoms with E-state index in [1.165, 1.54) is 25.7 Å². The van der Waals surface area contributed by atoms with E-state index < -0.39 is 0 Å². The Morgan fingerprint density at radius 1 is 1.28 bits per heavy atom. The van der Waals surface area contributed by atoms with E-state index in [0.29, 0.717) is 18.0 Å². The standard InChI is InChI=1S/C14H29N3O/c1-12(11-17-6-8-18-9-7-17)16-14-5-3-2-4-13(14)10-15/h12-14,16H,2-11,15H2,1H3. The summed E-state index contributed by atoms with van der Waals surface area (Å²) < 4.78 is 5.39. The topological polar surface area (TPSA) is 50.5 Å². The molecule has 0 aromatic heterocycles. The maximum Gasteiger partial charge on any atom is 0.0594 e. The Morgan fingerprint density at radius 2 is 2.00 bits per heavy atom. The van der Waals surface area contributed by atoms with Gasteiger partial charge in [0.25, 0.3) is 0 Å². The molecule has 3 atom stereocenters. The molecule has 0 spiro atoms. The zero-order valence-electron chi connectivity index (χ0n) is 11.7. The second-order valence-electron chi connectivity index (χ2n) is 5.87. The summed E-state index contributed by atoms with van der Waals surface area (Å²) in [6.07, 6.45) is 5.32. The molecule has 18 heavy (non-hydrogen) atoms. The first-order chi connectivity index (χ1) is 8.79. The van der Waals surface area contributed by atoms with Crippen LogP contribution in [0.2, 0.25) is 0 Å². The Hall–Kier alpha value is -0.160. The maximum atomic E-state index is 5.89. The molecule has 2 aliphatic rings. The van der Waals surface area contributed by atoms with Crippen LogP contribution in [0, 0.1) is 5.92 Å². The zero-order valence-corrected chi connectivity index (χ0v) is 11.7. The van der Waals surface area contributed by atoms with Crippen molar-refractivity contribution < 1.29 is 4.74 Å². The lowest BCUT2D eigenvalue weighted by molar-refractivity contribution is 0.0330. The van der Waals surface area contributed by atoms with Crippen LogP contribution in [0.5, 0.6) is 0 Å². The van der Waals surface area contributed by atoms with E-state index in [4.69, 9.17) is 10.5 Å². The first-order valence-electron chi connectivity index (χ1n) is 7.56. The predicted molar refractivity (Wildman–Crippen MR) is 74.7 cm³/mol. The van der Waals surface area contributed by atoms with Gasteiger partial charge in [-0.1, -0.05) is 12.8 Å². The van der Waals surface area contributed by atoms with Crippen molar-refractivity contribution in [2.24, 2.45) is 11.7 Å². The minimum atomic E-state index is 0.556. The molecule has 0 radical (unpaired) electrons. The van der Waals surface area contributed by atoms with E-state index in [0.717, 1.165) is 39.4 Å². The van der Waals surface area contributed by atoms with Crippen molar-refractivity contribution in [1.82, 2.24) is 10.2 Å². The number of hydrogen-bond donors (Lipinski definition) is 2. The van der Waals surface area contributed by atoms with Crippen LogP contribution < -0.4 is 11.1 Å². The minimum Gasteiger partial charge on any atom is -0.379 e. The fourth-order valence-corrected chi connectivity index (χ4v) is 3.30. The van der Waals surface area contributed by atoms with Gasteiger partial charge in [0.2, 0.25) is 0 Å². The van der Waals surface area contributed by atoms with Crippen LogP contribution in [0.4, 0.5) is 0 Å². The van der Waals surface area contributed by atoms with Crippen LogP contribution in [0.1, 0.15) is 32.6 Å². The van der Waals surface area contributed by atoms with Crippen LogP contribution in [0.3, 0.4) is 0 Å². The molecule has 4 heteroatoms. The van der Waals surface area contributed by atoms with Crippen LogP contribution in [-0.4, -0.2) is 56.4 Å². The van der Waals surface area contributed by atoms with Gasteiger partial charge in [0.1, 0.15) is 0 Å². The van der Waals surface area contributed by atoms with E-state index in [1.54, 1.807) is 0 Å². The highest BCUT2D eigenvalue weighted by atomic mass is 16.5. The highest BCUT2D eigenvalue weighted by Gasteiger charge is 2.25. The van der Waals surface area contributed by atoms with Crippen molar-refractivity contribution in [2.45, 2.75) is 44.7 Å². The van der Waals surface area contributed by atoms with Gasteiger partial charge in [0.05, 0.1) is 13.2 Å². The van der Waals surface area contributed by atoms with Crippen molar-refractivity contribution in [1.29, 1.82) is 0 Å². The Bertz CT molecular complexity index is 231. The van der Waals surface area contributed by atoms with Crippen molar-refractivity contribution >= 4 is 0 Å². The average Bonchev–Trinajstić information content (AvgIpc) is 2.40. The number of nitrogens with one attached hydrogen (secondary N) is 1. The molecule has 3 N–H and O–H groups in total. The van der Waals surface area contributed by atoms with Gasteiger partial charge in [0, 0.05) is 31.7 Å². The summed E-state index contributed by atoms with van der Waals surface area (Å²) in [5.41, 5.74) is 5.89. The number of hydrogen-bond acceptors (Lipinski definition) is 4. The van der Waals surface area contributed by atoms with Crippen molar-refractivity contribution in [3.8, 4) is 0 Å². The number of nitrogens with two attached hydrogens (primary N) is 1. The van der Waals surface area contributed by atoms with Crippen molar-refractivity contribution in [3.63, 3.8) is 0 Å². The minimum absolute atomic E-state index is 0.556. The monoisotopic (exact) mass is 255 g/mol. The predicted octanol–water partition coefficient (Wildman–Crippen LogP) is 0.814. The van der Waals surface area contributed by atoms with Crippen LogP contribution in [0.25, 0.3) is 0 Å². The van der Waals surface area contributed by atoms with Gasteiger partial charge < -0.3 is 15.8 Å². The molecular formula is C14H29N3O. The SMILES string of the molecule is CC(CN1CCOCC1)NC1CCCCC1CN. The molecular weight excluding hydrogens is 226 g/mol. The lowest BCUT2D eigenvalue weighted by atomic mass is 9.84. The van der Waals surface area contributed by atoms with Crippen LogP contribution in [-0.2, 0) is 4.74 Å². The Kier molecular flexibility index (Phi) is 5.89. The summed E-state index contributed by atoms with van der Waals surface area (Å²) >= 11 is 0. The maximum absolute atomic E-state index is 5.89. The highest BCUT2D eigenvalue weighted by molar-refractivity contribution is 4.84. The second kappa shape index (κ2) is 7.43. The van der Waals surface area contributed by atoms with Crippen LogP contribution in [0.15, 0.2) is 0 Å². The third-order valence-corrected chi connectivity index (χ3v) is 4.35. The molecule has 2 rings (SSSR count). The van der Waals surface area contributed by atoms with Gasteiger partial charge in [-0.25, -0.2) is 0 Å². The third kappa shape index (κ3) is 4.19. The molecule has 0 bridgehead atoms. The van der Waals surface area contributed by atoms with Gasteiger partial charge in [-0.15, -0.1) is 0 Å². The van der Waals surface area contributed by atoms with E-state index in [2.05, 4.69) is 17.1 Å². The number of morpholine rings is 1. The zero-order chi connectivity index (χ0) is 12.8. The fourth-order valence-electron chi connectivity index (χ4n) is 3.30. The van der Waals surface area contributed by atoms with E-state index in [1.807, 2.05) is 0 Å². The van der Waals surface area contributed by atoms with Crippen molar-refractivity contribution in [3.05, 3.63) is 0 Å². The lowest BCUT2D eigenvalue weighted by Gasteiger charge is -2.36. The molecule has 4 nitrogen and oxygen atoms in total. The summed E-state index contributed by atoms with van der Waals surface area (Å²) in [6.45, 7) is 8.22. The Balaban J connectivity index is 1.73. The first kappa shape index (κ1) is 14.3. The summed E-state index contributed by atoms with van der Waals surface area (Å²) in [5, 5.41) is 3.80. The molecule has 3 unspecified atom stereocenters. The largest absolute Gasteiger partial charge is 0.379 e. The Labute approximate surface area is 111 Å². The third-order valence-electron chi connectivity index (χ3n) is 4.35. The summed E-state index contributed by atoms with van der Waals surface area (Å²) in [5.74, 6) is 0.686. The quantitative estimate of drug-likeness (QED) is 0.763. The molecule has 1 saturated carbocycles. The average molecular weight is 255 g/mol. The summed E-state index contributed by atoms with van der Waals surface area (Å²) in [4.78, 5) is 2.50. The molecule has 1 aliphatic carbocycles. The van der Waals surface area contributed by atoms with E-state index >= 15 is 0 Å². The van der Waals surface area contributed by atoms with E-state index in [-0.39, 0.29) is 0 Å². The highest BCUT2D eigenvalue weighted by Crippen LogP contribution is 2.23. The second-order valence-corrected chi connectivity index (χ2v) is 5.87. The van der Waals surface area contributed by atoms with E-state index in [9.17, 15) is 0 Å². The van der Waals surface area contributed by atoms with Gasteiger partial charge in [-0.05, 0) is 32.2 Å². The fraction of sp³-hybridized carbons (Fsp3) is 1.00. The van der Waals surface area contributed by atoms with Gasteiger partial charge >= 0.3 is 0 Å². The van der Waals surface area contributed by atoms with Crippen molar-refractivity contribution in [2.75, 3.05) is 39.4 Å². The number of rotatable bonds is 5. The van der Waals surface area contributed by atoms with Gasteiger partial charge in [0.15, 0.2) is 0 Å². The molecule has 0 amide bonds. The molecule has 106 valence electrons. The normalized spacial score (nSPS) is 32.3. The molecule has 1 aliphatic heterocycles. The molecule has 0 aromatic carbocycles. The van der Waals surface area contributed by atoms with Gasteiger partial charge in [-0.2, -0.15) is 0 Å². The summed E-state index contributed by atoms with van der Waals surface area (Å²) in [7, 11) is 0. The van der Waals surface area contributed by atoms with Crippen LogP contribution >= 0.6 is 0 Å². The number of ether oxygens (including phenoxy) is 1. The Morgan fingerprint density at radius 3 is 2.72 bits per heavy atom. The van der Waals surface area contributed by atoms with Gasteiger partial charge in [-0.3, -0.25) is 4.90 Å². The molecule has 0 aromatic rings. The molecule has 1 saturated heterocycles. The first-order valence-corrected chi connectivity index (χ1v) is 7.56. The summed E-state index contributed by atoms with van der Waals surface area (Å²) in [6, 6.07) is 1.19. The number of nitrogens with zero attached hydrogens (tertiary/aromatic N) is 1.